The molecule has 6 aliphatic rings. The predicted molar refractivity (Wildman–Crippen MR) is 258 cm³/mol. The number of aryl methyl sites for hydroxylation is 1. The van der Waals surface area contributed by atoms with E-state index in [0.717, 1.165) is 42.2 Å². The van der Waals surface area contributed by atoms with Crippen molar-refractivity contribution in [3.8, 4) is 23.0 Å². The Labute approximate surface area is 415 Å². The predicted octanol–water partition coefficient (Wildman–Crippen LogP) is 3.91. The van der Waals surface area contributed by atoms with Crippen LogP contribution in [0.2, 0.25) is 0 Å². The van der Waals surface area contributed by atoms with E-state index >= 15 is 4.79 Å². The van der Waals surface area contributed by atoms with Gasteiger partial charge in [-0.3, -0.25) is 9.69 Å². The zero-order valence-corrected chi connectivity index (χ0v) is 39.7. The molecule has 4 aromatic rings. The molecule has 1 saturated heterocycles. The van der Waals surface area contributed by atoms with Crippen LogP contribution >= 0.6 is 0 Å². The van der Waals surface area contributed by atoms with Crippen LogP contribution in [0.15, 0.2) is 78.8 Å². The highest BCUT2D eigenvalue weighted by Crippen LogP contribution is 2.71. The summed E-state index contributed by atoms with van der Waals surface area (Å²) in [7, 11) is 0. The summed E-state index contributed by atoms with van der Waals surface area (Å²) in [5, 5.41) is 125. The molecule has 2 saturated carbocycles. The first-order valence-electron chi connectivity index (χ1n) is 25.0. The monoisotopic (exact) mass is 993 g/mol. The zero-order valence-electron chi connectivity index (χ0n) is 39.7. The third-order valence-electron chi connectivity index (χ3n) is 17.1. The van der Waals surface area contributed by atoms with Crippen LogP contribution in [0, 0.1) is 17.8 Å². The van der Waals surface area contributed by atoms with Gasteiger partial charge in [0.05, 0.1) is 24.2 Å². The number of hydrogen-bond acceptors (Lipinski definition) is 15. The van der Waals surface area contributed by atoms with Crippen LogP contribution in [-0.4, -0.2) is 133 Å². The number of H-pyrrole nitrogens is 1. The summed E-state index contributed by atoms with van der Waals surface area (Å²) in [5.41, 5.74) is -0.652. The fraction of sp³-hybridized carbons (Fsp3) is 0.500. The number of aromatic amines is 1. The maximum absolute atomic E-state index is 15.5. The highest BCUT2D eigenvalue weighted by atomic mass is 16.8. The first kappa shape index (κ1) is 49.7. The minimum atomic E-state index is -3.21. The number of fused-ring (bicyclic) bond motifs is 6. The number of phenols is 3. The Bertz CT molecular complexity index is 2770. The van der Waals surface area contributed by atoms with E-state index in [9.17, 15) is 61.0 Å². The molecule has 11 unspecified atom stereocenters. The lowest BCUT2D eigenvalue weighted by molar-refractivity contribution is -0.422. The van der Waals surface area contributed by atoms with E-state index in [1.165, 1.54) is 30.6 Å². The summed E-state index contributed by atoms with van der Waals surface area (Å²) < 4.78 is 11.2. The molecule has 2 aliphatic heterocycles. The highest BCUT2D eigenvalue weighted by Gasteiger charge is 2.71. The number of phenolic OH excluding ortho intramolecular Hbond substituents is 3. The fourth-order valence-electron chi connectivity index (χ4n) is 13.9. The molecular weight excluding hydrogens is 931 g/mol. The van der Waals surface area contributed by atoms with Crippen molar-refractivity contribution in [3.05, 3.63) is 112 Å². The minimum Gasteiger partial charge on any atom is -0.508 e. The molecule has 11 atom stereocenters. The van der Waals surface area contributed by atoms with E-state index in [-0.39, 0.29) is 54.5 Å². The number of rotatable bonds is 13. The SMILES string of the molecule is O=C(C=Cc1ccc(O)c(Cc2cnc[nH]2)c1)N1c2cc(OC3(O)OC(CO)C(O)C(O)C3O)c(O)cc2C2C(C34c5c(O)cccc5CCC3CCCC4CO)C(CCC3(O)CCCCC3)=CC21C(=O)O. The third kappa shape index (κ3) is 7.98. The van der Waals surface area contributed by atoms with Crippen LogP contribution in [0.3, 0.4) is 0 Å². The molecule has 10 rings (SSSR count). The number of aliphatic hydroxyl groups excluding tert-OH is 5. The molecule has 12 N–H and O–H groups in total. The second-order valence-electron chi connectivity index (χ2n) is 20.9. The number of hydrogen-bond donors (Lipinski definition) is 12. The van der Waals surface area contributed by atoms with Gasteiger partial charge in [-0.2, -0.15) is 0 Å². The van der Waals surface area contributed by atoms with E-state index in [1.54, 1.807) is 36.5 Å². The van der Waals surface area contributed by atoms with Gasteiger partial charge in [0.1, 0.15) is 29.8 Å². The summed E-state index contributed by atoms with van der Waals surface area (Å²) in [6.45, 7) is -1.24. The number of nitrogens with zero attached hydrogens (tertiary/aromatic N) is 2. The largest absolute Gasteiger partial charge is 0.508 e. The van der Waals surface area contributed by atoms with Crippen molar-refractivity contribution < 1.29 is 75.2 Å². The summed E-state index contributed by atoms with van der Waals surface area (Å²) >= 11 is 0. The van der Waals surface area contributed by atoms with Crippen LogP contribution in [-0.2, 0) is 32.6 Å². The number of benzene rings is 3. The number of nitrogens with one attached hydrogen (secondary N) is 1. The van der Waals surface area contributed by atoms with Gasteiger partial charge in [-0.15, -0.1) is 0 Å². The van der Waals surface area contributed by atoms with Gasteiger partial charge < -0.3 is 70.6 Å². The normalized spacial score (nSPS) is 32.7. The maximum Gasteiger partial charge on any atom is 0.355 e. The van der Waals surface area contributed by atoms with Gasteiger partial charge in [0.15, 0.2) is 23.1 Å². The van der Waals surface area contributed by atoms with Crippen molar-refractivity contribution in [1.82, 2.24) is 9.97 Å². The van der Waals surface area contributed by atoms with Gasteiger partial charge in [0.2, 0.25) is 0 Å². The average molecular weight is 994 g/mol. The van der Waals surface area contributed by atoms with E-state index < -0.39 is 94.7 Å². The molecule has 1 amide bonds. The lowest BCUT2D eigenvalue weighted by atomic mass is 9.45. The number of aliphatic hydroxyl groups is 7. The van der Waals surface area contributed by atoms with Crippen molar-refractivity contribution >= 4 is 23.6 Å². The van der Waals surface area contributed by atoms with Crippen LogP contribution in [0.5, 0.6) is 23.0 Å². The molecule has 18 heteroatoms. The van der Waals surface area contributed by atoms with Gasteiger partial charge in [-0.05, 0) is 116 Å². The Morgan fingerprint density at radius 2 is 1.68 bits per heavy atom. The number of carboxylic acids is 1. The van der Waals surface area contributed by atoms with Gasteiger partial charge in [0.25, 0.3) is 5.91 Å². The number of amides is 1. The number of anilines is 1. The van der Waals surface area contributed by atoms with E-state index in [4.69, 9.17) is 9.47 Å². The lowest BCUT2D eigenvalue weighted by Crippen LogP contribution is -2.67. The molecule has 0 spiro atoms. The van der Waals surface area contributed by atoms with Crippen LogP contribution in [0.25, 0.3) is 6.08 Å². The summed E-state index contributed by atoms with van der Waals surface area (Å²) in [5.74, 6) is -9.69. The molecule has 1 aromatic heterocycles. The quantitative estimate of drug-likeness (QED) is 0.0514. The summed E-state index contributed by atoms with van der Waals surface area (Å²) in [4.78, 5) is 38.5. The summed E-state index contributed by atoms with van der Waals surface area (Å²) in [6.07, 6.45) is 7.04. The molecule has 4 aliphatic carbocycles. The first-order valence-corrected chi connectivity index (χ1v) is 25.0. The Kier molecular flexibility index (Phi) is 13.1. The molecule has 3 heterocycles. The average Bonchev–Trinajstić information content (AvgIpc) is 4.08. The van der Waals surface area contributed by atoms with Crippen LogP contribution in [0.1, 0.15) is 110 Å². The third-order valence-corrected chi connectivity index (χ3v) is 17.1. The molecule has 384 valence electrons. The minimum absolute atomic E-state index is 0.00735. The Morgan fingerprint density at radius 3 is 2.40 bits per heavy atom. The van der Waals surface area contributed by atoms with Gasteiger partial charge >= 0.3 is 11.9 Å². The van der Waals surface area contributed by atoms with E-state index in [0.29, 0.717) is 66.5 Å². The zero-order chi connectivity index (χ0) is 50.9. The van der Waals surface area contributed by atoms with Crippen molar-refractivity contribution in [2.24, 2.45) is 17.8 Å². The molecule has 18 nitrogen and oxygen atoms in total. The molecule has 3 aromatic carbocycles. The molecule has 0 radical (unpaired) electrons. The molecule has 3 fully saturated rings. The van der Waals surface area contributed by atoms with E-state index in [1.807, 2.05) is 6.07 Å². The maximum atomic E-state index is 15.5. The second-order valence-corrected chi connectivity index (χ2v) is 20.9. The number of carbonyl (C=O) groups excluding carboxylic acids is 1. The lowest BCUT2D eigenvalue weighted by Gasteiger charge is -2.58. The van der Waals surface area contributed by atoms with Crippen molar-refractivity contribution in [2.75, 3.05) is 18.1 Å². The van der Waals surface area contributed by atoms with Gasteiger partial charge in [-0.1, -0.05) is 49.5 Å². The smallest absolute Gasteiger partial charge is 0.355 e. The number of allylic oxidation sites excluding steroid dienone is 1. The summed E-state index contributed by atoms with van der Waals surface area (Å²) in [6, 6.07) is 12.4. The Balaban J connectivity index is 1.18. The number of carbonyl (C=O) groups is 2. The topological polar surface area (TPSA) is 307 Å². The number of aromatic hydroxyl groups is 3. The standard InChI is InChI=1S/C54H63N3O15/c58-26-34-8-5-7-33-13-12-30-6-4-9-39(61)44(30)53(33,34)45-31(16-19-51(69)17-2-1-3-18-51)24-52(50(67)68)46(45)36-22-40(62)41(71-54(70)49(66)48(65)47(64)42(27-59)72-54)23-37(36)57(52)43(63)15-11-29-10-14-38(60)32(20-29)21-35-25-55-28-56-35/h4,6,9-11,14-15,20,22-25,28,33-34,42,45-49,58-62,64-66,69-70H,1-3,5,7-8,12-13,16-19,21,26-27H2,(H,55,56)(H,67,68). The molecular formula is C54H63N3O15. The van der Waals surface area contributed by atoms with Crippen LogP contribution < -0.4 is 9.64 Å². The number of imidazole rings is 1. The van der Waals surface area contributed by atoms with Crippen LogP contribution in [0.4, 0.5) is 5.69 Å². The van der Waals surface area contributed by atoms with Gasteiger partial charge in [-0.25, -0.2) is 9.78 Å². The molecule has 0 bridgehead atoms. The fourth-order valence-corrected chi connectivity index (χ4v) is 13.9. The van der Waals surface area contributed by atoms with E-state index in [2.05, 4.69) is 9.97 Å². The van der Waals surface area contributed by atoms with Crippen molar-refractivity contribution in [3.63, 3.8) is 0 Å². The number of aromatic nitrogens is 2. The number of aliphatic carboxylic acids is 1. The van der Waals surface area contributed by atoms with Crippen molar-refractivity contribution in [2.45, 2.75) is 136 Å². The Hall–Kier alpha value is -5.83. The number of carboxylic acid groups (broad SMARTS) is 1. The second kappa shape index (κ2) is 18.9. The molecule has 72 heavy (non-hydrogen) atoms. The highest BCUT2D eigenvalue weighted by molar-refractivity contribution is 6.13. The first-order chi connectivity index (χ1) is 34.5. The van der Waals surface area contributed by atoms with Gasteiger partial charge in [0, 0.05) is 65.4 Å². The Morgan fingerprint density at radius 1 is 0.889 bits per heavy atom. The van der Waals surface area contributed by atoms with Crippen molar-refractivity contribution in [1.29, 1.82) is 0 Å². The number of ether oxygens (including phenoxy) is 2.